The molecule has 1 aliphatic rings. The molecule has 0 saturated heterocycles. The number of benzene rings is 3. The van der Waals surface area contributed by atoms with Gasteiger partial charge in [0.25, 0.3) is 17.5 Å². The predicted molar refractivity (Wildman–Crippen MR) is 117 cm³/mol. The van der Waals surface area contributed by atoms with E-state index in [0.29, 0.717) is 34.7 Å². The number of nitro benzene ring substituents is 1. The standard InChI is InChI=1S/C24H18N2O5/c1-2-31-19-12-10-17(11-13-19)25-23(27)21-9-4-3-8-20(21)22(24(25)28)15-16-6-5-7-18(14-16)26(29)30/h3-15H,2H2,1H3/b22-15-. The van der Waals surface area contributed by atoms with E-state index in [4.69, 9.17) is 4.74 Å². The largest absolute Gasteiger partial charge is 0.494 e. The molecule has 3 aromatic carbocycles. The number of amides is 2. The molecule has 0 radical (unpaired) electrons. The van der Waals surface area contributed by atoms with Crippen molar-refractivity contribution in [3.63, 3.8) is 0 Å². The molecule has 4 rings (SSSR count). The van der Waals surface area contributed by atoms with Crippen molar-refractivity contribution in [1.82, 2.24) is 0 Å². The molecule has 0 N–H and O–H groups in total. The number of imide groups is 1. The molecule has 0 aliphatic carbocycles. The summed E-state index contributed by atoms with van der Waals surface area (Å²) in [6, 6.07) is 19.5. The Morgan fingerprint density at radius 1 is 0.935 bits per heavy atom. The molecule has 0 unspecified atom stereocenters. The molecular weight excluding hydrogens is 396 g/mol. The van der Waals surface area contributed by atoms with Gasteiger partial charge in [0, 0.05) is 23.3 Å². The maximum atomic E-state index is 13.4. The Morgan fingerprint density at radius 2 is 1.65 bits per heavy atom. The molecule has 7 nitrogen and oxygen atoms in total. The van der Waals surface area contributed by atoms with Crippen LogP contribution in [0.5, 0.6) is 5.75 Å². The quantitative estimate of drug-likeness (QED) is 0.261. The van der Waals surface area contributed by atoms with Gasteiger partial charge >= 0.3 is 0 Å². The normalized spacial score (nSPS) is 14.5. The van der Waals surface area contributed by atoms with E-state index < -0.39 is 16.7 Å². The molecular formula is C24H18N2O5. The Labute approximate surface area is 178 Å². The van der Waals surface area contributed by atoms with Crippen LogP contribution in [0.2, 0.25) is 0 Å². The molecule has 0 atom stereocenters. The van der Waals surface area contributed by atoms with Crippen LogP contribution in [-0.2, 0) is 4.79 Å². The van der Waals surface area contributed by atoms with Crippen molar-refractivity contribution in [3.8, 4) is 5.75 Å². The summed E-state index contributed by atoms with van der Waals surface area (Å²) in [5.41, 5.74) is 1.99. The SMILES string of the molecule is CCOc1ccc(N2C(=O)/C(=C\c3cccc([N+](=O)[O-])c3)c3ccccc3C2=O)cc1. The van der Waals surface area contributed by atoms with Crippen LogP contribution in [0.4, 0.5) is 11.4 Å². The van der Waals surface area contributed by atoms with Crippen molar-refractivity contribution < 1.29 is 19.2 Å². The number of nitro groups is 1. The minimum absolute atomic E-state index is 0.0784. The summed E-state index contributed by atoms with van der Waals surface area (Å²) in [7, 11) is 0. The minimum Gasteiger partial charge on any atom is -0.494 e. The maximum absolute atomic E-state index is 13.4. The third kappa shape index (κ3) is 3.81. The van der Waals surface area contributed by atoms with Crippen molar-refractivity contribution in [2.24, 2.45) is 0 Å². The summed E-state index contributed by atoms with van der Waals surface area (Å²) in [5.74, 6) is -0.295. The zero-order chi connectivity index (χ0) is 22.0. The highest BCUT2D eigenvalue weighted by atomic mass is 16.6. The molecule has 1 aliphatic heterocycles. The number of hydrogen-bond acceptors (Lipinski definition) is 5. The first-order chi connectivity index (χ1) is 15.0. The molecule has 0 bridgehead atoms. The summed E-state index contributed by atoms with van der Waals surface area (Å²) in [6.07, 6.45) is 1.57. The summed E-state index contributed by atoms with van der Waals surface area (Å²) < 4.78 is 5.43. The van der Waals surface area contributed by atoms with Crippen molar-refractivity contribution in [3.05, 3.63) is 99.6 Å². The minimum atomic E-state index is -0.501. The lowest BCUT2D eigenvalue weighted by molar-refractivity contribution is -0.384. The van der Waals surface area contributed by atoms with Crippen LogP contribution in [0, 0.1) is 10.1 Å². The van der Waals surface area contributed by atoms with Gasteiger partial charge in [-0.2, -0.15) is 0 Å². The molecule has 31 heavy (non-hydrogen) atoms. The smallest absolute Gasteiger partial charge is 0.270 e. The Kier molecular flexibility index (Phi) is 5.32. The Bertz CT molecular complexity index is 1210. The summed E-state index contributed by atoms with van der Waals surface area (Å²) in [5, 5.41) is 11.1. The highest BCUT2D eigenvalue weighted by molar-refractivity contribution is 6.43. The number of non-ortho nitro benzene ring substituents is 1. The van der Waals surface area contributed by atoms with E-state index in [1.54, 1.807) is 66.7 Å². The molecule has 2 amide bonds. The van der Waals surface area contributed by atoms with Crippen LogP contribution in [0.1, 0.15) is 28.4 Å². The number of rotatable bonds is 5. The number of carbonyl (C=O) groups excluding carboxylic acids is 2. The predicted octanol–water partition coefficient (Wildman–Crippen LogP) is 4.72. The van der Waals surface area contributed by atoms with Gasteiger partial charge in [-0.1, -0.05) is 30.3 Å². The first-order valence-corrected chi connectivity index (χ1v) is 9.67. The molecule has 1 heterocycles. The fraction of sp³-hybridized carbons (Fsp3) is 0.0833. The Balaban J connectivity index is 1.82. The van der Waals surface area contributed by atoms with E-state index in [0.717, 1.165) is 4.90 Å². The van der Waals surface area contributed by atoms with Crippen LogP contribution >= 0.6 is 0 Å². The molecule has 154 valence electrons. The molecule has 0 aromatic heterocycles. The summed E-state index contributed by atoms with van der Waals surface area (Å²) in [6.45, 7) is 2.37. The van der Waals surface area contributed by atoms with Crippen molar-refractivity contribution >= 4 is 34.8 Å². The first kappa shape index (κ1) is 20.0. The molecule has 0 fully saturated rings. The number of fused-ring (bicyclic) bond motifs is 1. The van der Waals surface area contributed by atoms with Gasteiger partial charge in [-0.3, -0.25) is 19.7 Å². The van der Waals surface area contributed by atoms with Crippen LogP contribution < -0.4 is 9.64 Å². The second-order valence-corrected chi connectivity index (χ2v) is 6.83. The van der Waals surface area contributed by atoms with Crippen molar-refractivity contribution in [1.29, 1.82) is 0 Å². The average Bonchev–Trinajstić information content (AvgIpc) is 2.78. The third-order valence-electron chi connectivity index (χ3n) is 4.88. The van der Waals surface area contributed by atoms with E-state index in [2.05, 4.69) is 0 Å². The van der Waals surface area contributed by atoms with E-state index in [9.17, 15) is 19.7 Å². The molecule has 3 aromatic rings. The number of nitrogens with zero attached hydrogens (tertiary/aromatic N) is 2. The van der Waals surface area contributed by atoms with Crippen LogP contribution in [0.25, 0.3) is 11.6 Å². The molecule has 7 heteroatoms. The van der Waals surface area contributed by atoms with E-state index in [1.807, 2.05) is 6.92 Å². The summed E-state index contributed by atoms with van der Waals surface area (Å²) >= 11 is 0. The van der Waals surface area contributed by atoms with Gasteiger partial charge in [0.15, 0.2) is 0 Å². The van der Waals surface area contributed by atoms with Crippen molar-refractivity contribution in [2.45, 2.75) is 6.92 Å². The topological polar surface area (TPSA) is 89.8 Å². The van der Waals surface area contributed by atoms with Crippen LogP contribution in [0.15, 0.2) is 72.8 Å². The Hall–Kier alpha value is -4.26. The van der Waals surface area contributed by atoms with Gasteiger partial charge in [0.05, 0.1) is 17.2 Å². The van der Waals surface area contributed by atoms with Gasteiger partial charge < -0.3 is 4.74 Å². The second kappa shape index (κ2) is 8.23. The summed E-state index contributed by atoms with van der Waals surface area (Å²) in [4.78, 5) is 38.3. The van der Waals surface area contributed by atoms with Crippen LogP contribution in [-0.4, -0.2) is 23.3 Å². The lowest BCUT2D eigenvalue weighted by atomic mass is 9.91. The van der Waals surface area contributed by atoms with Crippen molar-refractivity contribution in [2.75, 3.05) is 11.5 Å². The lowest BCUT2D eigenvalue weighted by Crippen LogP contribution is -2.41. The fourth-order valence-corrected chi connectivity index (χ4v) is 3.48. The third-order valence-corrected chi connectivity index (χ3v) is 4.88. The molecule has 0 saturated carbocycles. The Morgan fingerprint density at radius 3 is 2.32 bits per heavy atom. The monoisotopic (exact) mass is 414 g/mol. The number of hydrogen-bond donors (Lipinski definition) is 0. The number of ether oxygens (including phenoxy) is 1. The van der Waals surface area contributed by atoms with Crippen LogP contribution in [0.3, 0.4) is 0 Å². The van der Waals surface area contributed by atoms with Gasteiger partial charge in [0.1, 0.15) is 5.75 Å². The van der Waals surface area contributed by atoms with Gasteiger partial charge in [-0.25, -0.2) is 4.90 Å². The van der Waals surface area contributed by atoms with E-state index in [1.165, 1.54) is 12.1 Å². The zero-order valence-corrected chi connectivity index (χ0v) is 16.6. The number of carbonyl (C=O) groups is 2. The first-order valence-electron chi connectivity index (χ1n) is 9.67. The van der Waals surface area contributed by atoms with Gasteiger partial charge in [-0.05, 0) is 54.5 Å². The molecule has 0 spiro atoms. The second-order valence-electron chi connectivity index (χ2n) is 6.83. The number of anilines is 1. The van der Waals surface area contributed by atoms with Gasteiger partial charge in [-0.15, -0.1) is 0 Å². The zero-order valence-electron chi connectivity index (χ0n) is 16.6. The van der Waals surface area contributed by atoms with Gasteiger partial charge in [0.2, 0.25) is 0 Å². The average molecular weight is 414 g/mol. The van der Waals surface area contributed by atoms with E-state index in [-0.39, 0.29) is 11.3 Å². The lowest BCUT2D eigenvalue weighted by Gasteiger charge is -2.28. The fourth-order valence-electron chi connectivity index (χ4n) is 3.48. The maximum Gasteiger partial charge on any atom is 0.270 e. The van der Waals surface area contributed by atoms with E-state index >= 15 is 0 Å². The highest BCUT2D eigenvalue weighted by Gasteiger charge is 2.35. The highest BCUT2D eigenvalue weighted by Crippen LogP contribution is 2.34.